The van der Waals surface area contributed by atoms with Crippen LogP contribution in [0.15, 0.2) is 52.5 Å². The average molecular weight is 378 g/mol. The van der Waals surface area contributed by atoms with Gasteiger partial charge in [-0.15, -0.1) is 0 Å². The van der Waals surface area contributed by atoms with E-state index in [4.69, 9.17) is 4.42 Å². The number of hydrogen-bond acceptors (Lipinski definition) is 5. The van der Waals surface area contributed by atoms with Crippen molar-refractivity contribution in [1.29, 1.82) is 5.26 Å². The lowest BCUT2D eigenvalue weighted by Crippen LogP contribution is -2.49. The SMILES string of the molecule is CCN(CC)c1ccc(/C=C(/C#N)C(=O)N2CCN(c3ccccc3)CC2)o1. The van der Waals surface area contributed by atoms with Gasteiger partial charge in [0.1, 0.15) is 17.4 Å². The molecule has 0 spiro atoms. The molecule has 0 N–H and O–H groups in total. The van der Waals surface area contributed by atoms with Gasteiger partial charge in [0.25, 0.3) is 5.91 Å². The molecule has 2 aromatic rings. The molecule has 6 nitrogen and oxygen atoms in total. The van der Waals surface area contributed by atoms with Crippen LogP contribution in [0.5, 0.6) is 0 Å². The average Bonchev–Trinajstić information content (AvgIpc) is 3.21. The number of amides is 1. The maximum absolute atomic E-state index is 12.8. The third-order valence-electron chi connectivity index (χ3n) is 5.01. The monoisotopic (exact) mass is 378 g/mol. The van der Waals surface area contributed by atoms with Crippen LogP contribution >= 0.6 is 0 Å². The van der Waals surface area contributed by atoms with E-state index in [0.717, 1.165) is 37.8 Å². The van der Waals surface area contributed by atoms with Gasteiger partial charge in [-0.3, -0.25) is 4.79 Å². The second-order valence-corrected chi connectivity index (χ2v) is 6.63. The Labute approximate surface area is 166 Å². The highest BCUT2D eigenvalue weighted by molar-refractivity contribution is 6.01. The number of furan rings is 1. The summed E-state index contributed by atoms with van der Waals surface area (Å²) in [5.74, 6) is 1.03. The zero-order chi connectivity index (χ0) is 19.9. The van der Waals surface area contributed by atoms with Gasteiger partial charge in [-0.05, 0) is 32.0 Å². The minimum Gasteiger partial charge on any atom is -0.441 e. The van der Waals surface area contributed by atoms with Gasteiger partial charge in [0.2, 0.25) is 0 Å². The summed E-state index contributed by atoms with van der Waals surface area (Å²) in [6.07, 6.45) is 1.54. The minimum absolute atomic E-state index is 0.105. The molecule has 0 aliphatic carbocycles. The first kappa shape index (κ1) is 19.6. The minimum atomic E-state index is -0.240. The summed E-state index contributed by atoms with van der Waals surface area (Å²) in [6.45, 7) is 8.47. The molecule has 1 aromatic carbocycles. The lowest BCUT2D eigenvalue weighted by atomic mass is 10.2. The normalized spacial score (nSPS) is 14.7. The number of hydrogen-bond donors (Lipinski definition) is 0. The lowest BCUT2D eigenvalue weighted by Gasteiger charge is -2.36. The van der Waals surface area contributed by atoms with E-state index in [2.05, 4.69) is 35.8 Å². The molecule has 1 aromatic heterocycles. The van der Waals surface area contributed by atoms with Crippen molar-refractivity contribution in [3.63, 3.8) is 0 Å². The largest absolute Gasteiger partial charge is 0.441 e. The first-order valence-electron chi connectivity index (χ1n) is 9.72. The molecule has 1 aliphatic rings. The number of carbonyl (C=O) groups is 1. The summed E-state index contributed by atoms with van der Waals surface area (Å²) in [4.78, 5) is 18.9. The molecule has 1 aliphatic heterocycles. The number of nitrogens with zero attached hydrogens (tertiary/aromatic N) is 4. The number of para-hydroxylation sites is 1. The van der Waals surface area contributed by atoms with Crippen molar-refractivity contribution < 1.29 is 9.21 Å². The lowest BCUT2D eigenvalue weighted by molar-refractivity contribution is -0.126. The van der Waals surface area contributed by atoms with Crippen LogP contribution < -0.4 is 9.80 Å². The fourth-order valence-electron chi connectivity index (χ4n) is 3.39. The van der Waals surface area contributed by atoms with Crippen molar-refractivity contribution >= 4 is 23.6 Å². The summed E-state index contributed by atoms with van der Waals surface area (Å²) < 4.78 is 5.79. The molecule has 1 fully saturated rings. The molecule has 0 radical (unpaired) electrons. The van der Waals surface area contributed by atoms with Crippen LogP contribution in [0.25, 0.3) is 6.08 Å². The molecule has 1 amide bonds. The van der Waals surface area contributed by atoms with Gasteiger partial charge >= 0.3 is 0 Å². The van der Waals surface area contributed by atoms with Crippen LogP contribution in [-0.4, -0.2) is 50.1 Å². The molecule has 0 unspecified atom stereocenters. The highest BCUT2D eigenvalue weighted by Gasteiger charge is 2.24. The first-order valence-corrected chi connectivity index (χ1v) is 9.72. The molecule has 28 heavy (non-hydrogen) atoms. The third-order valence-corrected chi connectivity index (χ3v) is 5.01. The molecule has 2 heterocycles. The van der Waals surface area contributed by atoms with Crippen LogP contribution in [0, 0.1) is 11.3 Å². The Kier molecular flexibility index (Phi) is 6.38. The van der Waals surface area contributed by atoms with Crippen molar-refractivity contribution in [3.05, 3.63) is 53.8 Å². The Morgan fingerprint density at radius 2 is 1.79 bits per heavy atom. The van der Waals surface area contributed by atoms with E-state index < -0.39 is 0 Å². The van der Waals surface area contributed by atoms with E-state index in [1.807, 2.05) is 30.3 Å². The predicted octanol–water partition coefficient (Wildman–Crippen LogP) is 3.38. The van der Waals surface area contributed by atoms with Crippen LogP contribution in [0.4, 0.5) is 11.6 Å². The Morgan fingerprint density at radius 3 is 2.39 bits per heavy atom. The maximum Gasteiger partial charge on any atom is 0.264 e. The van der Waals surface area contributed by atoms with E-state index in [9.17, 15) is 10.1 Å². The van der Waals surface area contributed by atoms with Crippen LogP contribution in [0.2, 0.25) is 0 Å². The van der Waals surface area contributed by atoms with E-state index in [1.165, 1.54) is 0 Å². The van der Waals surface area contributed by atoms with Crippen molar-refractivity contribution in [1.82, 2.24) is 4.90 Å². The Morgan fingerprint density at radius 1 is 1.11 bits per heavy atom. The van der Waals surface area contributed by atoms with Gasteiger partial charge in [-0.2, -0.15) is 5.26 Å². The summed E-state index contributed by atoms with van der Waals surface area (Å²) in [6, 6.07) is 15.9. The fourth-order valence-corrected chi connectivity index (χ4v) is 3.39. The van der Waals surface area contributed by atoms with E-state index >= 15 is 0 Å². The topological polar surface area (TPSA) is 63.7 Å². The Bertz CT molecular complexity index is 854. The third kappa shape index (κ3) is 4.37. The van der Waals surface area contributed by atoms with Gasteiger partial charge in [0, 0.05) is 57.1 Å². The number of piperazine rings is 1. The van der Waals surface area contributed by atoms with Gasteiger partial charge in [0.05, 0.1) is 0 Å². The molecule has 0 bridgehead atoms. The fraction of sp³-hybridized carbons (Fsp3) is 0.364. The smallest absolute Gasteiger partial charge is 0.264 e. The zero-order valence-electron chi connectivity index (χ0n) is 16.5. The molecular weight excluding hydrogens is 352 g/mol. The van der Waals surface area contributed by atoms with Crippen molar-refractivity contribution in [2.24, 2.45) is 0 Å². The van der Waals surface area contributed by atoms with Crippen molar-refractivity contribution in [2.45, 2.75) is 13.8 Å². The number of nitriles is 1. The number of benzene rings is 1. The molecule has 146 valence electrons. The van der Waals surface area contributed by atoms with E-state index in [-0.39, 0.29) is 11.5 Å². The maximum atomic E-state index is 12.8. The standard InChI is InChI=1S/C22H26N4O2/c1-3-24(4-2)21-11-10-20(28-21)16-18(17-23)22(27)26-14-12-25(13-15-26)19-8-6-5-7-9-19/h5-11,16H,3-4,12-15H2,1-2H3/b18-16-. The molecular formula is C22H26N4O2. The molecule has 0 atom stereocenters. The molecule has 0 saturated carbocycles. The van der Waals surface area contributed by atoms with Gasteiger partial charge < -0.3 is 19.1 Å². The van der Waals surface area contributed by atoms with Gasteiger partial charge in [-0.1, -0.05) is 18.2 Å². The number of anilines is 2. The van der Waals surface area contributed by atoms with Crippen molar-refractivity contribution in [3.8, 4) is 6.07 Å². The summed E-state index contributed by atoms with van der Waals surface area (Å²) in [5.41, 5.74) is 1.26. The zero-order valence-corrected chi connectivity index (χ0v) is 16.5. The Hall–Kier alpha value is -3.20. The Balaban J connectivity index is 1.66. The van der Waals surface area contributed by atoms with Crippen LogP contribution in [-0.2, 0) is 4.79 Å². The van der Waals surface area contributed by atoms with Gasteiger partial charge in [0.15, 0.2) is 5.88 Å². The molecule has 3 rings (SSSR count). The second-order valence-electron chi connectivity index (χ2n) is 6.63. The molecule has 1 saturated heterocycles. The summed E-state index contributed by atoms with van der Waals surface area (Å²) >= 11 is 0. The predicted molar refractivity (Wildman–Crippen MR) is 111 cm³/mol. The number of rotatable bonds is 6. The van der Waals surface area contributed by atoms with Gasteiger partial charge in [-0.25, -0.2) is 0 Å². The van der Waals surface area contributed by atoms with E-state index in [0.29, 0.717) is 18.8 Å². The highest BCUT2D eigenvalue weighted by atomic mass is 16.4. The summed E-state index contributed by atoms with van der Waals surface area (Å²) in [7, 11) is 0. The quantitative estimate of drug-likeness (QED) is 0.570. The second kappa shape index (κ2) is 9.14. The highest BCUT2D eigenvalue weighted by Crippen LogP contribution is 2.21. The summed E-state index contributed by atoms with van der Waals surface area (Å²) in [5, 5.41) is 9.50. The number of carbonyl (C=O) groups excluding carboxylic acids is 1. The van der Waals surface area contributed by atoms with Crippen LogP contribution in [0.1, 0.15) is 19.6 Å². The molecule has 6 heteroatoms. The van der Waals surface area contributed by atoms with E-state index in [1.54, 1.807) is 17.0 Å². The first-order chi connectivity index (χ1) is 13.7. The van der Waals surface area contributed by atoms with Crippen molar-refractivity contribution in [2.75, 3.05) is 49.1 Å². The van der Waals surface area contributed by atoms with Crippen LogP contribution in [0.3, 0.4) is 0 Å².